The average Bonchev–Trinajstić information content (AvgIpc) is 2.75. The van der Waals surface area contributed by atoms with Gasteiger partial charge in [0.05, 0.1) is 31.8 Å². The molecule has 0 amide bonds. The highest BCUT2D eigenvalue weighted by atomic mass is 16.7. The number of unbranched alkanes of at least 4 members (excludes halogenated alkanes) is 1. The van der Waals surface area contributed by atoms with Crippen LogP contribution in [0.2, 0.25) is 0 Å². The molecule has 1 aromatic carbocycles. The monoisotopic (exact) mass is 422 g/mol. The largest absolute Gasteiger partial charge is 0.469 e. The Kier molecular flexibility index (Phi) is 9.63. The van der Waals surface area contributed by atoms with Gasteiger partial charge in [0, 0.05) is 6.08 Å². The number of aliphatic hydroxyl groups is 1. The molecule has 8 nitrogen and oxygen atoms in total. The van der Waals surface area contributed by atoms with Gasteiger partial charge in [-0.05, 0) is 25.5 Å². The molecule has 0 radical (unpaired) electrons. The Labute approximate surface area is 176 Å². The summed E-state index contributed by atoms with van der Waals surface area (Å²) in [6.45, 7) is 4.00. The highest BCUT2D eigenvalue weighted by Crippen LogP contribution is 2.24. The van der Waals surface area contributed by atoms with E-state index in [1.165, 1.54) is 13.2 Å². The number of rotatable bonds is 11. The predicted molar refractivity (Wildman–Crippen MR) is 108 cm³/mol. The van der Waals surface area contributed by atoms with E-state index >= 15 is 0 Å². The summed E-state index contributed by atoms with van der Waals surface area (Å²) in [6.07, 6.45) is 0.0522. The summed E-state index contributed by atoms with van der Waals surface area (Å²) in [7, 11) is 1.30. The zero-order valence-electron chi connectivity index (χ0n) is 17.6. The maximum atomic E-state index is 12.2. The zero-order chi connectivity index (χ0) is 21.9. The molecule has 1 heterocycles. The fraction of sp³-hybridized carbons (Fsp3) is 0.545. The van der Waals surface area contributed by atoms with Crippen LogP contribution in [0.15, 0.2) is 42.4 Å². The van der Waals surface area contributed by atoms with E-state index < -0.39 is 36.4 Å². The summed E-state index contributed by atoms with van der Waals surface area (Å²) < 4.78 is 27.1. The van der Waals surface area contributed by atoms with Gasteiger partial charge in [-0.15, -0.1) is 0 Å². The van der Waals surface area contributed by atoms with Crippen molar-refractivity contribution in [3.8, 4) is 0 Å². The first-order valence-corrected chi connectivity index (χ1v) is 10.1. The van der Waals surface area contributed by atoms with Crippen LogP contribution in [-0.2, 0) is 28.5 Å². The van der Waals surface area contributed by atoms with Crippen LogP contribution >= 0.6 is 0 Å². The Bertz CT molecular complexity index is 702. The molecule has 0 aliphatic carbocycles. The van der Waals surface area contributed by atoms with Crippen molar-refractivity contribution < 1.29 is 38.4 Å². The van der Waals surface area contributed by atoms with Gasteiger partial charge in [-0.2, -0.15) is 0 Å². The molecule has 0 saturated heterocycles. The van der Waals surface area contributed by atoms with Gasteiger partial charge in [0.15, 0.2) is 6.10 Å². The van der Waals surface area contributed by atoms with E-state index in [9.17, 15) is 14.7 Å². The van der Waals surface area contributed by atoms with Gasteiger partial charge in [0.25, 0.3) is 5.95 Å². The summed E-state index contributed by atoms with van der Waals surface area (Å²) >= 11 is 0. The van der Waals surface area contributed by atoms with Crippen LogP contribution in [0.25, 0.3) is 0 Å². The van der Waals surface area contributed by atoms with Crippen LogP contribution in [0.1, 0.15) is 43.5 Å². The van der Waals surface area contributed by atoms with E-state index in [1.54, 1.807) is 37.3 Å². The van der Waals surface area contributed by atoms with Crippen molar-refractivity contribution in [2.75, 3.05) is 20.3 Å². The van der Waals surface area contributed by atoms with Gasteiger partial charge in [-0.1, -0.05) is 31.5 Å². The Morgan fingerprint density at radius 2 is 1.97 bits per heavy atom. The molecule has 0 fully saturated rings. The number of ether oxygens (including phenoxy) is 5. The lowest BCUT2D eigenvalue weighted by Crippen LogP contribution is -2.47. The second-order valence-electron chi connectivity index (χ2n) is 6.99. The number of benzene rings is 1. The molecule has 1 unspecified atom stereocenters. The third-order valence-corrected chi connectivity index (χ3v) is 4.49. The van der Waals surface area contributed by atoms with Crippen molar-refractivity contribution in [1.29, 1.82) is 0 Å². The van der Waals surface area contributed by atoms with Crippen molar-refractivity contribution in [3.63, 3.8) is 0 Å². The first kappa shape index (κ1) is 23.7. The fourth-order valence-corrected chi connectivity index (χ4v) is 2.80. The van der Waals surface area contributed by atoms with Crippen molar-refractivity contribution >= 4 is 11.9 Å². The maximum absolute atomic E-state index is 12.2. The molecule has 0 saturated carbocycles. The van der Waals surface area contributed by atoms with Gasteiger partial charge in [-0.25, -0.2) is 4.79 Å². The normalized spacial score (nSPS) is 21.7. The third-order valence-electron chi connectivity index (χ3n) is 4.49. The fourth-order valence-electron chi connectivity index (χ4n) is 2.80. The van der Waals surface area contributed by atoms with Crippen LogP contribution < -0.4 is 0 Å². The van der Waals surface area contributed by atoms with Crippen molar-refractivity contribution in [2.45, 2.75) is 57.5 Å². The smallest absolute Gasteiger partial charge is 0.338 e. The van der Waals surface area contributed by atoms with E-state index in [0.717, 1.165) is 12.8 Å². The van der Waals surface area contributed by atoms with Crippen LogP contribution in [0, 0.1) is 0 Å². The third kappa shape index (κ3) is 7.35. The molecule has 4 atom stereocenters. The summed E-state index contributed by atoms with van der Waals surface area (Å²) in [4.78, 5) is 23.7. The minimum Gasteiger partial charge on any atom is -0.469 e. The molecule has 1 aromatic rings. The maximum Gasteiger partial charge on any atom is 0.338 e. The Balaban J connectivity index is 2.03. The first-order chi connectivity index (χ1) is 14.4. The molecule has 0 spiro atoms. The van der Waals surface area contributed by atoms with Gasteiger partial charge in [-0.3, -0.25) is 4.79 Å². The van der Waals surface area contributed by atoms with Crippen molar-refractivity contribution in [3.05, 3.63) is 47.9 Å². The molecule has 0 aromatic heterocycles. The second-order valence-corrected chi connectivity index (χ2v) is 6.99. The van der Waals surface area contributed by atoms with Crippen LogP contribution in [0.5, 0.6) is 0 Å². The van der Waals surface area contributed by atoms with E-state index in [4.69, 9.17) is 18.9 Å². The lowest BCUT2D eigenvalue weighted by atomic mass is 10.1. The van der Waals surface area contributed by atoms with Gasteiger partial charge in [0.1, 0.15) is 18.8 Å². The molecule has 8 heteroatoms. The topological polar surface area (TPSA) is 101 Å². The average molecular weight is 422 g/mol. The summed E-state index contributed by atoms with van der Waals surface area (Å²) in [5.74, 6) is -0.739. The second kappa shape index (κ2) is 12.2. The van der Waals surface area contributed by atoms with E-state index in [2.05, 4.69) is 4.74 Å². The first-order valence-electron chi connectivity index (χ1n) is 10.1. The van der Waals surface area contributed by atoms with Crippen LogP contribution in [-0.4, -0.2) is 61.8 Å². The molecule has 1 aliphatic heterocycles. The molecule has 2 rings (SSSR count). The Morgan fingerprint density at radius 1 is 1.23 bits per heavy atom. The van der Waals surface area contributed by atoms with Crippen LogP contribution in [0.4, 0.5) is 0 Å². The Morgan fingerprint density at radius 3 is 2.63 bits per heavy atom. The minimum absolute atomic E-state index is 0.0358. The number of carbonyl (C=O) groups excluding carboxylic acids is 2. The molecule has 1 aliphatic rings. The minimum atomic E-state index is -1.12. The number of hydrogen-bond acceptors (Lipinski definition) is 8. The van der Waals surface area contributed by atoms with Gasteiger partial charge >= 0.3 is 11.9 Å². The molecule has 166 valence electrons. The summed E-state index contributed by atoms with van der Waals surface area (Å²) in [5.41, 5.74) is 0.400. The molecular weight excluding hydrogens is 392 g/mol. The quantitative estimate of drug-likeness (QED) is 0.429. The predicted octanol–water partition coefficient (Wildman–Crippen LogP) is 2.60. The lowest BCUT2D eigenvalue weighted by Gasteiger charge is -2.34. The van der Waals surface area contributed by atoms with Gasteiger partial charge in [0.2, 0.25) is 0 Å². The van der Waals surface area contributed by atoms with Crippen LogP contribution in [0.3, 0.4) is 0 Å². The lowest BCUT2D eigenvalue weighted by molar-refractivity contribution is -0.159. The number of methoxy groups -OCH3 is 1. The number of hydrogen-bond donors (Lipinski definition) is 1. The molecule has 0 bridgehead atoms. The summed E-state index contributed by atoms with van der Waals surface area (Å²) in [6, 6.07) is 8.54. The summed E-state index contributed by atoms with van der Waals surface area (Å²) in [5, 5.41) is 10.7. The standard InChI is InChI=1S/C22H30O8/c1-4-5-11-27-20-13-17(29-15(2)12-19(23)26-3)21(24)18(30-20)14-28-22(25)16-9-7-6-8-10-16/h6-10,13,15,17-18,21,24H,4-5,11-12,14H2,1-3H3/t15-,17-,18?,21+/m1/s1. The molecule has 30 heavy (non-hydrogen) atoms. The highest BCUT2D eigenvalue weighted by Gasteiger charge is 2.37. The van der Waals surface area contributed by atoms with E-state index in [-0.39, 0.29) is 19.0 Å². The zero-order valence-corrected chi connectivity index (χ0v) is 17.6. The van der Waals surface area contributed by atoms with Crippen molar-refractivity contribution in [2.24, 2.45) is 0 Å². The SMILES string of the molecule is CCCCOC1=C[C@@H](O[C@H](C)CC(=O)OC)[C@H](O)C(COC(=O)c2ccccc2)O1. The molecule has 1 N–H and O–H groups in total. The van der Waals surface area contributed by atoms with Crippen molar-refractivity contribution in [1.82, 2.24) is 0 Å². The highest BCUT2D eigenvalue weighted by molar-refractivity contribution is 5.89. The van der Waals surface area contributed by atoms with E-state index in [1.807, 2.05) is 6.92 Å². The number of carbonyl (C=O) groups is 2. The Hall–Kier alpha value is -2.58. The van der Waals surface area contributed by atoms with Gasteiger partial charge < -0.3 is 28.8 Å². The number of esters is 2. The number of aliphatic hydroxyl groups excluding tert-OH is 1. The van der Waals surface area contributed by atoms with E-state index in [0.29, 0.717) is 12.2 Å². The molecular formula is C22H30O8.